The Morgan fingerprint density at radius 2 is 2.04 bits per heavy atom. The van der Waals surface area contributed by atoms with Crippen molar-refractivity contribution in [3.63, 3.8) is 0 Å². The summed E-state index contributed by atoms with van der Waals surface area (Å²) in [5, 5.41) is 6.76. The van der Waals surface area contributed by atoms with Crippen LogP contribution in [0, 0.1) is 0 Å². The molecule has 2 heterocycles. The smallest absolute Gasteiger partial charge is 0.409 e. The molecule has 8 heteroatoms. The molecule has 8 nitrogen and oxygen atoms in total. The van der Waals surface area contributed by atoms with Crippen LogP contribution in [-0.4, -0.2) is 56.0 Å². The highest BCUT2D eigenvalue weighted by Crippen LogP contribution is 2.32. The van der Waals surface area contributed by atoms with Gasteiger partial charge in [-0.1, -0.05) is 6.07 Å². The van der Waals surface area contributed by atoms with E-state index in [0.29, 0.717) is 26.2 Å². The molecule has 0 aromatic heterocycles. The first-order valence-corrected chi connectivity index (χ1v) is 9.54. The Labute approximate surface area is 159 Å². The van der Waals surface area contributed by atoms with Crippen molar-refractivity contribution in [2.24, 2.45) is 4.99 Å². The number of piperidine rings is 1. The molecule has 27 heavy (non-hydrogen) atoms. The number of likely N-dealkylation sites (tertiary alicyclic amines) is 1. The number of hydrogen-bond donors (Lipinski definition) is 2. The lowest BCUT2D eigenvalue weighted by Gasteiger charge is -2.32. The average Bonchev–Trinajstić information content (AvgIpc) is 3.15. The first-order valence-electron chi connectivity index (χ1n) is 9.54. The molecular weight excluding hydrogens is 348 g/mol. The van der Waals surface area contributed by atoms with Crippen molar-refractivity contribution in [1.29, 1.82) is 0 Å². The molecular formula is C19H28N4O4. The van der Waals surface area contributed by atoms with Gasteiger partial charge in [0, 0.05) is 25.7 Å². The molecule has 2 aliphatic rings. The number of aliphatic imine (C=N–C) groups is 1. The van der Waals surface area contributed by atoms with Crippen LogP contribution in [0.3, 0.4) is 0 Å². The molecule has 0 aliphatic carbocycles. The van der Waals surface area contributed by atoms with E-state index >= 15 is 0 Å². The maximum Gasteiger partial charge on any atom is 0.409 e. The quantitative estimate of drug-likeness (QED) is 0.605. The number of ether oxygens (including phenoxy) is 3. The highest BCUT2D eigenvalue weighted by atomic mass is 16.7. The Kier molecular flexibility index (Phi) is 6.62. The van der Waals surface area contributed by atoms with Gasteiger partial charge in [-0.15, -0.1) is 0 Å². The number of guanidine groups is 1. The monoisotopic (exact) mass is 376 g/mol. The van der Waals surface area contributed by atoms with Gasteiger partial charge in [0.25, 0.3) is 0 Å². The molecule has 148 valence electrons. The van der Waals surface area contributed by atoms with Crippen LogP contribution in [-0.2, 0) is 11.3 Å². The third-order valence-corrected chi connectivity index (χ3v) is 4.56. The third kappa shape index (κ3) is 5.18. The fourth-order valence-corrected chi connectivity index (χ4v) is 3.14. The van der Waals surface area contributed by atoms with Crippen LogP contribution < -0.4 is 20.1 Å². The zero-order chi connectivity index (χ0) is 19.1. The average molecular weight is 376 g/mol. The van der Waals surface area contributed by atoms with Crippen molar-refractivity contribution in [2.45, 2.75) is 39.3 Å². The van der Waals surface area contributed by atoms with Crippen molar-refractivity contribution < 1.29 is 19.0 Å². The van der Waals surface area contributed by atoms with Crippen LogP contribution in [0.5, 0.6) is 11.5 Å². The van der Waals surface area contributed by atoms with E-state index in [1.165, 1.54) is 0 Å². The molecule has 0 bridgehead atoms. The molecule has 1 aromatic carbocycles. The molecule has 0 saturated carbocycles. The maximum absolute atomic E-state index is 11.8. The summed E-state index contributed by atoms with van der Waals surface area (Å²) < 4.78 is 15.8. The first kappa shape index (κ1) is 19.1. The first-order chi connectivity index (χ1) is 13.2. The normalized spacial score (nSPS) is 17.0. The van der Waals surface area contributed by atoms with Crippen LogP contribution in [0.15, 0.2) is 23.2 Å². The highest BCUT2D eigenvalue weighted by Gasteiger charge is 2.24. The summed E-state index contributed by atoms with van der Waals surface area (Å²) in [6.07, 6.45) is 1.51. The van der Waals surface area contributed by atoms with Crippen LogP contribution in [0.4, 0.5) is 4.79 Å². The van der Waals surface area contributed by atoms with Crippen molar-refractivity contribution in [3.05, 3.63) is 23.8 Å². The van der Waals surface area contributed by atoms with Crippen LogP contribution in [0.1, 0.15) is 32.3 Å². The molecule has 2 aliphatic heterocycles. The standard InChI is InChI=1S/C19H28N4O4/c1-3-20-18(21-12-14-5-6-16-17(11-14)27-13-26-16)22-15-7-9-23(10-8-15)19(24)25-4-2/h5-6,11,15H,3-4,7-10,12-13H2,1-2H3,(H2,20,21,22). The molecule has 1 aromatic rings. The zero-order valence-electron chi connectivity index (χ0n) is 16.0. The molecule has 0 spiro atoms. The summed E-state index contributed by atoms with van der Waals surface area (Å²) >= 11 is 0. The number of rotatable bonds is 5. The number of benzene rings is 1. The molecule has 1 amide bonds. The van der Waals surface area contributed by atoms with Gasteiger partial charge in [0.15, 0.2) is 17.5 Å². The number of amides is 1. The van der Waals surface area contributed by atoms with Gasteiger partial charge in [-0.25, -0.2) is 9.79 Å². The lowest BCUT2D eigenvalue weighted by molar-refractivity contribution is 0.0963. The van der Waals surface area contributed by atoms with Gasteiger partial charge >= 0.3 is 6.09 Å². The van der Waals surface area contributed by atoms with E-state index in [2.05, 4.69) is 15.6 Å². The Balaban J connectivity index is 1.53. The van der Waals surface area contributed by atoms with Crippen molar-refractivity contribution in [1.82, 2.24) is 15.5 Å². The Morgan fingerprint density at radius 1 is 1.26 bits per heavy atom. The van der Waals surface area contributed by atoms with Crippen LogP contribution in [0.2, 0.25) is 0 Å². The van der Waals surface area contributed by atoms with Crippen molar-refractivity contribution >= 4 is 12.1 Å². The molecule has 1 fully saturated rings. The van der Waals surface area contributed by atoms with Crippen molar-refractivity contribution in [3.8, 4) is 11.5 Å². The zero-order valence-corrected chi connectivity index (χ0v) is 16.0. The molecule has 2 N–H and O–H groups in total. The number of nitrogens with zero attached hydrogens (tertiary/aromatic N) is 2. The Hall–Kier alpha value is -2.64. The van der Waals surface area contributed by atoms with Crippen LogP contribution in [0.25, 0.3) is 0 Å². The van der Waals surface area contributed by atoms with E-state index in [-0.39, 0.29) is 18.9 Å². The summed E-state index contributed by atoms with van der Waals surface area (Å²) in [7, 11) is 0. The van der Waals surface area contributed by atoms with Gasteiger partial charge < -0.3 is 29.7 Å². The summed E-state index contributed by atoms with van der Waals surface area (Å²) in [5.74, 6) is 2.33. The fourth-order valence-electron chi connectivity index (χ4n) is 3.14. The number of carbonyl (C=O) groups is 1. The number of nitrogens with one attached hydrogen (secondary N) is 2. The maximum atomic E-state index is 11.8. The summed E-state index contributed by atoms with van der Waals surface area (Å²) in [6, 6.07) is 6.16. The minimum atomic E-state index is -0.223. The van der Waals surface area contributed by atoms with E-state index in [4.69, 9.17) is 14.2 Å². The van der Waals surface area contributed by atoms with Crippen LogP contribution >= 0.6 is 0 Å². The van der Waals surface area contributed by atoms with E-state index in [0.717, 1.165) is 42.4 Å². The fraction of sp³-hybridized carbons (Fsp3) is 0.579. The van der Waals surface area contributed by atoms with Crippen molar-refractivity contribution in [2.75, 3.05) is 33.0 Å². The number of carbonyl (C=O) groups excluding carboxylic acids is 1. The second-order valence-electron chi connectivity index (χ2n) is 6.49. The van der Waals surface area contributed by atoms with Gasteiger partial charge in [0.2, 0.25) is 6.79 Å². The minimum Gasteiger partial charge on any atom is -0.454 e. The Morgan fingerprint density at radius 3 is 2.78 bits per heavy atom. The lowest BCUT2D eigenvalue weighted by Crippen LogP contribution is -2.49. The Bertz CT molecular complexity index is 672. The number of hydrogen-bond acceptors (Lipinski definition) is 5. The molecule has 1 saturated heterocycles. The third-order valence-electron chi connectivity index (χ3n) is 4.56. The van der Waals surface area contributed by atoms with E-state index < -0.39 is 0 Å². The highest BCUT2D eigenvalue weighted by molar-refractivity contribution is 5.80. The van der Waals surface area contributed by atoms with E-state index in [1.54, 1.807) is 4.90 Å². The second kappa shape index (κ2) is 9.34. The minimum absolute atomic E-state index is 0.223. The van der Waals surface area contributed by atoms with Gasteiger partial charge in [0.1, 0.15) is 0 Å². The van der Waals surface area contributed by atoms with E-state index in [1.807, 2.05) is 32.0 Å². The SMILES string of the molecule is CCNC(=NCc1ccc2c(c1)OCO2)NC1CCN(C(=O)OCC)CC1. The van der Waals surface area contributed by atoms with Gasteiger partial charge in [0.05, 0.1) is 13.2 Å². The topological polar surface area (TPSA) is 84.4 Å². The molecule has 0 atom stereocenters. The molecule has 0 unspecified atom stereocenters. The predicted molar refractivity (Wildman–Crippen MR) is 102 cm³/mol. The van der Waals surface area contributed by atoms with Gasteiger partial charge in [-0.3, -0.25) is 0 Å². The summed E-state index contributed by atoms with van der Waals surface area (Å²) in [6.45, 7) is 7.27. The van der Waals surface area contributed by atoms with Gasteiger partial charge in [-0.2, -0.15) is 0 Å². The molecule has 3 rings (SSSR count). The largest absolute Gasteiger partial charge is 0.454 e. The predicted octanol–water partition coefficient (Wildman–Crippen LogP) is 2.09. The van der Waals surface area contributed by atoms with E-state index in [9.17, 15) is 4.79 Å². The van der Waals surface area contributed by atoms with Gasteiger partial charge in [-0.05, 0) is 44.4 Å². The summed E-state index contributed by atoms with van der Waals surface area (Å²) in [5.41, 5.74) is 1.06. The molecule has 0 radical (unpaired) electrons. The number of fused-ring (bicyclic) bond motifs is 1. The second-order valence-corrected chi connectivity index (χ2v) is 6.49. The summed E-state index contributed by atoms with van der Waals surface area (Å²) in [4.78, 5) is 18.2. The lowest BCUT2D eigenvalue weighted by atomic mass is 10.1.